The molecule has 2 rings (SSSR count). The van der Waals surface area contributed by atoms with E-state index in [0.29, 0.717) is 12.4 Å². The van der Waals surface area contributed by atoms with Crippen LogP contribution < -0.4 is 4.74 Å². The largest absolute Gasteiger partial charge is 0.489 e. The van der Waals surface area contributed by atoms with Crippen molar-refractivity contribution in [1.82, 2.24) is 0 Å². The van der Waals surface area contributed by atoms with Crippen LogP contribution in [-0.4, -0.2) is 5.97 Å². The average molecular weight is 405 g/mol. The number of alkyl halides is 1. The molecule has 1 unspecified atom stereocenters. The van der Waals surface area contributed by atoms with Gasteiger partial charge in [-0.05, 0) is 35.7 Å². The summed E-state index contributed by atoms with van der Waals surface area (Å²) < 4.78 is 17.7. The summed E-state index contributed by atoms with van der Waals surface area (Å²) in [6, 6.07) is 15.4. The molecule has 0 N–H and O–H groups in total. The molecule has 0 heterocycles. The maximum absolute atomic E-state index is 12.0. The summed E-state index contributed by atoms with van der Waals surface area (Å²) in [4.78, 5) is 14.4. The lowest BCUT2D eigenvalue weighted by Gasteiger charge is -2.11. The second kappa shape index (κ2) is 9.85. The number of halogens is 2. The Bertz CT molecular complexity index is 745. The van der Waals surface area contributed by atoms with E-state index in [1.807, 2.05) is 36.4 Å². The zero-order valence-corrected chi connectivity index (χ0v) is 15.4. The molecule has 1 atom stereocenters. The van der Waals surface area contributed by atoms with Crippen LogP contribution in [0.2, 0.25) is 0 Å². The summed E-state index contributed by atoms with van der Waals surface area (Å²) in [6.07, 6.45) is -0.128. The van der Waals surface area contributed by atoms with E-state index in [1.54, 1.807) is 6.92 Å². The van der Waals surface area contributed by atoms with Gasteiger partial charge in [0.25, 0.3) is 0 Å². The van der Waals surface area contributed by atoms with E-state index in [-0.39, 0.29) is 6.42 Å². The van der Waals surface area contributed by atoms with Gasteiger partial charge in [0, 0.05) is 9.86 Å². The highest BCUT2D eigenvalue weighted by Gasteiger charge is 2.15. The minimum Gasteiger partial charge on any atom is -0.489 e. The highest BCUT2D eigenvalue weighted by Crippen LogP contribution is 2.23. The summed E-state index contributed by atoms with van der Waals surface area (Å²) in [7, 11) is 0. The topological polar surface area (TPSA) is 35.5 Å². The van der Waals surface area contributed by atoms with Crippen LogP contribution in [-0.2, 0) is 21.7 Å². The van der Waals surface area contributed by atoms with Crippen molar-refractivity contribution in [3.05, 3.63) is 65.2 Å². The molecule has 0 saturated carbocycles. The zero-order chi connectivity index (χ0) is 18.1. The van der Waals surface area contributed by atoms with Gasteiger partial charge < -0.3 is 4.74 Å². The van der Waals surface area contributed by atoms with Crippen molar-refractivity contribution in [3.63, 3.8) is 0 Å². The van der Waals surface area contributed by atoms with E-state index in [9.17, 15) is 9.32 Å². The average Bonchev–Trinajstić information content (AvgIpc) is 2.66. The van der Waals surface area contributed by atoms with Gasteiger partial charge in [0.05, 0.1) is 12.3 Å². The van der Waals surface area contributed by atoms with Crippen LogP contribution >= 0.6 is 15.9 Å². The SMILES string of the molecule is CC#CC(CC(=O)OF)c1ccc(OCc2ccc(CBr)cc2)cc1. The minimum absolute atomic E-state index is 0.128. The smallest absolute Gasteiger partial charge is 0.350 e. The van der Waals surface area contributed by atoms with E-state index in [0.717, 1.165) is 16.5 Å². The molecular formula is C20H18BrFO3. The summed E-state index contributed by atoms with van der Waals surface area (Å²) in [5, 5.41) is 0.827. The van der Waals surface area contributed by atoms with Gasteiger partial charge in [-0.3, -0.25) is 4.94 Å². The molecule has 0 spiro atoms. The van der Waals surface area contributed by atoms with Gasteiger partial charge in [0.2, 0.25) is 0 Å². The van der Waals surface area contributed by atoms with E-state index >= 15 is 0 Å². The van der Waals surface area contributed by atoms with Gasteiger partial charge in [-0.25, -0.2) is 4.79 Å². The molecule has 130 valence electrons. The summed E-state index contributed by atoms with van der Waals surface area (Å²) in [5.74, 6) is 5.02. The third kappa shape index (κ3) is 5.91. The Morgan fingerprint density at radius 1 is 1.12 bits per heavy atom. The third-order valence-corrected chi connectivity index (χ3v) is 4.29. The lowest BCUT2D eigenvalue weighted by atomic mass is 9.96. The van der Waals surface area contributed by atoms with E-state index in [1.165, 1.54) is 5.56 Å². The molecule has 3 nitrogen and oxygen atoms in total. The monoisotopic (exact) mass is 404 g/mol. The molecule has 2 aromatic rings. The van der Waals surface area contributed by atoms with Gasteiger partial charge in [0.15, 0.2) is 0 Å². The predicted octanol–water partition coefficient (Wildman–Crippen LogP) is 5.09. The molecule has 25 heavy (non-hydrogen) atoms. The molecular weight excluding hydrogens is 387 g/mol. The van der Waals surface area contributed by atoms with Gasteiger partial charge >= 0.3 is 5.97 Å². The first-order chi connectivity index (χ1) is 12.2. The first-order valence-corrected chi connectivity index (χ1v) is 8.88. The van der Waals surface area contributed by atoms with Crippen molar-refractivity contribution in [2.75, 3.05) is 0 Å². The Hall–Kier alpha value is -2.32. The van der Waals surface area contributed by atoms with Gasteiger partial charge in [-0.2, -0.15) is 0 Å². The number of hydrogen-bond acceptors (Lipinski definition) is 3. The van der Waals surface area contributed by atoms with Crippen molar-refractivity contribution in [2.45, 2.75) is 31.2 Å². The molecule has 0 saturated heterocycles. The number of benzene rings is 2. The zero-order valence-electron chi connectivity index (χ0n) is 13.8. The Balaban J connectivity index is 1.99. The molecule has 0 bridgehead atoms. The molecule has 5 heteroatoms. The number of carbonyl (C=O) groups excluding carboxylic acids is 1. The van der Waals surface area contributed by atoms with Crippen LogP contribution in [0.1, 0.15) is 36.0 Å². The fraction of sp³-hybridized carbons (Fsp3) is 0.250. The number of ether oxygens (including phenoxy) is 1. The number of carbonyl (C=O) groups is 1. The van der Waals surface area contributed by atoms with Crippen molar-refractivity contribution in [3.8, 4) is 17.6 Å². The van der Waals surface area contributed by atoms with E-state index in [4.69, 9.17) is 4.74 Å². The quantitative estimate of drug-likeness (QED) is 0.476. The first kappa shape index (κ1) is 19.0. The molecule has 0 amide bonds. The van der Waals surface area contributed by atoms with Crippen molar-refractivity contribution >= 4 is 21.9 Å². The Kier molecular flexibility index (Phi) is 7.49. The normalized spacial score (nSPS) is 11.2. The van der Waals surface area contributed by atoms with Crippen LogP contribution in [0.4, 0.5) is 4.53 Å². The second-order valence-electron chi connectivity index (χ2n) is 5.41. The summed E-state index contributed by atoms with van der Waals surface area (Å²) in [5.41, 5.74) is 3.10. The highest BCUT2D eigenvalue weighted by molar-refractivity contribution is 9.08. The summed E-state index contributed by atoms with van der Waals surface area (Å²) >= 11 is 3.42. The second-order valence-corrected chi connectivity index (χ2v) is 5.97. The van der Waals surface area contributed by atoms with Crippen molar-refractivity contribution < 1.29 is 19.0 Å². The Labute approximate surface area is 155 Å². The first-order valence-electron chi connectivity index (χ1n) is 7.76. The molecule has 0 fully saturated rings. The lowest BCUT2D eigenvalue weighted by Crippen LogP contribution is -2.06. The summed E-state index contributed by atoms with van der Waals surface area (Å²) in [6.45, 7) is 2.14. The van der Waals surface area contributed by atoms with E-state index < -0.39 is 11.9 Å². The standard InChI is InChI=1S/C20H18BrFO3/c1-2-3-18(12-20(23)25-22)17-8-10-19(11-9-17)24-14-16-6-4-15(13-21)5-7-16/h4-11,18H,12-14H2,1H3. The van der Waals surface area contributed by atoms with Crippen LogP contribution in [0.15, 0.2) is 48.5 Å². The fourth-order valence-electron chi connectivity index (χ4n) is 2.31. The van der Waals surface area contributed by atoms with Gasteiger partial charge in [-0.1, -0.05) is 58.2 Å². The lowest BCUT2D eigenvalue weighted by molar-refractivity contribution is -0.183. The van der Waals surface area contributed by atoms with Crippen molar-refractivity contribution in [2.24, 2.45) is 0 Å². The van der Waals surface area contributed by atoms with Crippen molar-refractivity contribution in [1.29, 1.82) is 0 Å². The molecule has 2 aromatic carbocycles. The Morgan fingerprint density at radius 2 is 1.76 bits per heavy atom. The number of hydrogen-bond donors (Lipinski definition) is 0. The molecule has 0 radical (unpaired) electrons. The maximum atomic E-state index is 12.0. The fourth-order valence-corrected chi connectivity index (χ4v) is 2.69. The minimum atomic E-state index is -0.931. The van der Waals surface area contributed by atoms with Gasteiger partial charge in [0.1, 0.15) is 12.4 Å². The molecule has 0 aliphatic rings. The van der Waals surface area contributed by atoms with Crippen LogP contribution in [0, 0.1) is 11.8 Å². The molecule has 0 aromatic heterocycles. The number of rotatable bonds is 7. The van der Waals surface area contributed by atoms with Crippen LogP contribution in [0.5, 0.6) is 5.75 Å². The third-order valence-electron chi connectivity index (χ3n) is 3.64. The Morgan fingerprint density at radius 3 is 2.32 bits per heavy atom. The van der Waals surface area contributed by atoms with Crippen LogP contribution in [0.3, 0.4) is 0 Å². The molecule has 0 aliphatic carbocycles. The maximum Gasteiger partial charge on any atom is 0.350 e. The predicted molar refractivity (Wildman–Crippen MR) is 97.9 cm³/mol. The van der Waals surface area contributed by atoms with E-state index in [2.05, 4.69) is 44.8 Å². The van der Waals surface area contributed by atoms with Crippen LogP contribution in [0.25, 0.3) is 0 Å². The molecule has 0 aliphatic heterocycles. The van der Waals surface area contributed by atoms with Gasteiger partial charge in [-0.15, -0.1) is 5.92 Å². The highest BCUT2D eigenvalue weighted by atomic mass is 79.9.